The van der Waals surface area contributed by atoms with Crippen LogP contribution in [-0.2, 0) is 0 Å². The van der Waals surface area contributed by atoms with E-state index in [1.165, 1.54) is 35.0 Å². The van der Waals surface area contributed by atoms with E-state index in [0.29, 0.717) is 15.0 Å². The molecule has 0 fully saturated rings. The SMILES string of the molecule is C1=C(/C(=C/Sc2ccccc2)[Se]c2ccccc2)CCCC1. The van der Waals surface area contributed by atoms with E-state index in [4.69, 9.17) is 0 Å². The number of thioether (sulfide) groups is 1. The first-order valence-electron chi connectivity index (χ1n) is 7.76. The van der Waals surface area contributed by atoms with Crippen molar-refractivity contribution in [1.82, 2.24) is 0 Å². The second-order valence-corrected chi connectivity index (χ2v) is 8.59. The standard InChI is InChI=1S/C20H20SSe/c1-4-10-17(11-5-1)20(22-19-14-8-3-9-15-19)16-21-18-12-6-2-7-13-18/h2-3,6-10,12-16H,1,4-5,11H2/b20-16-. The van der Waals surface area contributed by atoms with Crippen LogP contribution in [0.2, 0.25) is 0 Å². The van der Waals surface area contributed by atoms with Gasteiger partial charge in [-0.1, -0.05) is 0 Å². The Hall–Kier alpha value is -1.21. The molecule has 22 heavy (non-hydrogen) atoms. The summed E-state index contributed by atoms with van der Waals surface area (Å²) in [5.41, 5.74) is 1.58. The van der Waals surface area contributed by atoms with E-state index in [-0.39, 0.29) is 0 Å². The molecule has 0 radical (unpaired) electrons. The molecular weight excluding hydrogens is 351 g/mol. The Morgan fingerprint density at radius 1 is 0.909 bits per heavy atom. The van der Waals surface area contributed by atoms with Gasteiger partial charge in [-0.25, -0.2) is 0 Å². The van der Waals surface area contributed by atoms with Gasteiger partial charge in [0.2, 0.25) is 0 Å². The van der Waals surface area contributed by atoms with Crippen molar-refractivity contribution in [3.63, 3.8) is 0 Å². The number of benzene rings is 2. The predicted octanol–water partition coefficient (Wildman–Crippen LogP) is 5.15. The van der Waals surface area contributed by atoms with E-state index in [0.717, 1.165) is 0 Å². The summed E-state index contributed by atoms with van der Waals surface area (Å²) in [6, 6.07) is 21.6. The van der Waals surface area contributed by atoms with Crippen LogP contribution in [0.3, 0.4) is 0 Å². The van der Waals surface area contributed by atoms with Crippen LogP contribution in [0.25, 0.3) is 0 Å². The normalized spacial score (nSPS) is 15.5. The predicted molar refractivity (Wildman–Crippen MR) is 98.8 cm³/mol. The average molecular weight is 371 g/mol. The second-order valence-electron chi connectivity index (χ2n) is 5.30. The van der Waals surface area contributed by atoms with Crippen LogP contribution in [0.1, 0.15) is 25.7 Å². The molecule has 0 aromatic heterocycles. The van der Waals surface area contributed by atoms with E-state index >= 15 is 0 Å². The molecule has 112 valence electrons. The third kappa shape index (κ3) is 4.64. The minimum atomic E-state index is 0.395. The van der Waals surface area contributed by atoms with Crippen molar-refractivity contribution in [3.8, 4) is 0 Å². The number of allylic oxidation sites excluding steroid dienone is 3. The van der Waals surface area contributed by atoms with Gasteiger partial charge in [0.05, 0.1) is 0 Å². The van der Waals surface area contributed by atoms with Crippen LogP contribution in [0, 0.1) is 0 Å². The summed E-state index contributed by atoms with van der Waals surface area (Å²) in [5, 5.41) is 2.39. The van der Waals surface area contributed by atoms with Gasteiger partial charge in [0.1, 0.15) is 0 Å². The molecule has 2 aromatic rings. The fraction of sp³-hybridized carbons (Fsp3) is 0.200. The average Bonchev–Trinajstić information content (AvgIpc) is 2.61. The van der Waals surface area contributed by atoms with Gasteiger partial charge in [0, 0.05) is 0 Å². The molecular formula is C20H20SSe. The molecule has 0 nitrogen and oxygen atoms in total. The number of hydrogen-bond acceptors (Lipinski definition) is 1. The van der Waals surface area contributed by atoms with Crippen molar-refractivity contribution in [2.45, 2.75) is 30.6 Å². The van der Waals surface area contributed by atoms with Crippen molar-refractivity contribution in [1.29, 1.82) is 0 Å². The summed E-state index contributed by atoms with van der Waals surface area (Å²) in [5.74, 6) is 0. The maximum atomic E-state index is 2.46. The Labute approximate surface area is 143 Å². The fourth-order valence-corrected chi connectivity index (χ4v) is 5.64. The molecule has 1 aliphatic rings. The van der Waals surface area contributed by atoms with E-state index in [1.54, 1.807) is 10.0 Å². The van der Waals surface area contributed by atoms with Crippen LogP contribution in [0.15, 0.2) is 87.1 Å². The van der Waals surface area contributed by atoms with Gasteiger partial charge in [-0.2, -0.15) is 0 Å². The van der Waals surface area contributed by atoms with Crippen LogP contribution in [0.4, 0.5) is 0 Å². The molecule has 0 heterocycles. The molecule has 0 N–H and O–H groups in total. The third-order valence-corrected chi connectivity index (χ3v) is 7.18. The molecule has 2 aromatic carbocycles. The van der Waals surface area contributed by atoms with E-state index in [1.807, 2.05) is 11.8 Å². The topological polar surface area (TPSA) is 0 Å². The van der Waals surface area contributed by atoms with Crippen LogP contribution in [0.5, 0.6) is 0 Å². The molecule has 0 spiro atoms. The quantitative estimate of drug-likeness (QED) is 0.517. The molecule has 2 heteroatoms. The summed E-state index contributed by atoms with van der Waals surface area (Å²) in [6.07, 6.45) is 7.64. The molecule has 0 unspecified atom stereocenters. The summed E-state index contributed by atoms with van der Waals surface area (Å²) >= 11 is 2.25. The zero-order valence-electron chi connectivity index (χ0n) is 12.6. The molecule has 0 atom stereocenters. The maximum absolute atomic E-state index is 2.46. The zero-order valence-corrected chi connectivity index (χ0v) is 15.1. The van der Waals surface area contributed by atoms with Gasteiger partial charge in [0.15, 0.2) is 0 Å². The van der Waals surface area contributed by atoms with Crippen molar-refractivity contribution >= 4 is 31.2 Å². The Balaban J connectivity index is 1.80. The second kappa shape index (κ2) is 8.43. The molecule has 3 rings (SSSR count). The van der Waals surface area contributed by atoms with Gasteiger partial charge < -0.3 is 0 Å². The van der Waals surface area contributed by atoms with Crippen molar-refractivity contribution in [3.05, 3.63) is 82.2 Å². The van der Waals surface area contributed by atoms with Crippen LogP contribution in [-0.4, -0.2) is 15.0 Å². The summed E-state index contributed by atoms with van der Waals surface area (Å²) in [6.45, 7) is 0. The molecule has 0 saturated carbocycles. The first kappa shape index (κ1) is 15.7. The number of rotatable bonds is 5. The Morgan fingerprint density at radius 3 is 2.32 bits per heavy atom. The van der Waals surface area contributed by atoms with Gasteiger partial charge in [-0.15, -0.1) is 0 Å². The van der Waals surface area contributed by atoms with E-state index in [2.05, 4.69) is 72.1 Å². The Morgan fingerprint density at radius 2 is 1.64 bits per heavy atom. The van der Waals surface area contributed by atoms with Gasteiger partial charge in [-0.05, 0) is 0 Å². The molecule has 0 amide bonds. The van der Waals surface area contributed by atoms with Gasteiger partial charge in [0.25, 0.3) is 0 Å². The van der Waals surface area contributed by atoms with Crippen molar-refractivity contribution in [2.24, 2.45) is 0 Å². The first-order chi connectivity index (χ1) is 10.9. The zero-order chi connectivity index (χ0) is 15.0. The first-order valence-corrected chi connectivity index (χ1v) is 10.4. The van der Waals surface area contributed by atoms with Crippen LogP contribution < -0.4 is 4.46 Å². The number of hydrogen-bond donors (Lipinski definition) is 0. The summed E-state index contributed by atoms with van der Waals surface area (Å²) < 4.78 is 3.01. The van der Waals surface area contributed by atoms with Crippen molar-refractivity contribution < 1.29 is 0 Å². The molecule has 0 bridgehead atoms. The van der Waals surface area contributed by atoms with Gasteiger partial charge >= 0.3 is 144 Å². The fourth-order valence-electron chi connectivity index (χ4n) is 2.46. The molecule has 0 aliphatic heterocycles. The monoisotopic (exact) mass is 372 g/mol. The molecule has 1 aliphatic carbocycles. The van der Waals surface area contributed by atoms with Crippen LogP contribution >= 0.6 is 11.8 Å². The Bertz CT molecular complexity index is 644. The van der Waals surface area contributed by atoms with E-state index < -0.39 is 0 Å². The molecule has 0 saturated heterocycles. The Kier molecular flexibility index (Phi) is 6.01. The van der Waals surface area contributed by atoms with E-state index in [9.17, 15) is 0 Å². The minimum absolute atomic E-state index is 0.395. The van der Waals surface area contributed by atoms with Gasteiger partial charge in [-0.3, -0.25) is 0 Å². The third-order valence-electron chi connectivity index (χ3n) is 3.62. The summed E-state index contributed by atoms with van der Waals surface area (Å²) in [4.78, 5) is 1.32. The van der Waals surface area contributed by atoms with Crippen molar-refractivity contribution in [2.75, 3.05) is 0 Å². The summed E-state index contributed by atoms with van der Waals surface area (Å²) in [7, 11) is 0.